The minimum atomic E-state index is 0.0294. The molecule has 1 aromatic carbocycles. The normalized spacial score (nSPS) is 21.3. The number of hydrogen-bond donors (Lipinski definition) is 2. The molecular formula is C17H20ClN3O. The highest BCUT2D eigenvalue weighted by atomic mass is 35.5. The molecular weight excluding hydrogens is 298 g/mol. The van der Waals surface area contributed by atoms with Crippen molar-refractivity contribution in [1.29, 1.82) is 0 Å². The van der Waals surface area contributed by atoms with Gasteiger partial charge in [0.2, 0.25) is 5.91 Å². The summed E-state index contributed by atoms with van der Waals surface area (Å²) in [5, 5.41) is 5.23. The SMILES string of the molecule is O=C1CCCC2(CCN(c3cc(Cl)cc4[nH]ccc34)CC2)N1. The fourth-order valence-electron chi connectivity index (χ4n) is 3.93. The quantitative estimate of drug-likeness (QED) is 0.846. The molecule has 2 aliphatic heterocycles. The molecule has 5 heteroatoms. The molecule has 2 saturated heterocycles. The van der Waals surface area contributed by atoms with Gasteiger partial charge in [-0.3, -0.25) is 4.79 Å². The van der Waals surface area contributed by atoms with Gasteiger partial charge in [-0.2, -0.15) is 0 Å². The van der Waals surface area contributed by atoms with E-state index in [1.807, 2.05) is 12.3 Å². The molecule has 2 aliphatic rings. The van der Waals surface area contributed by atoms with Crippen molar-refractivity contribution in [3.05, 3.63) is 29.4 Å². The van der Waals surface area contributed by atoms with E-state index < -0.39 is 0 Å². The Morgan fingerprint density at radius 2 is 2.00 bits per heavy atom. The number of aromatic nitrogens is 1. The topological polar surface area (TPSA) is 48.1 Å². The number of carbonyl (C=O) groups excluding carboxylic acids is 1. The highest BCUT2D eigenvalue weighted by Gasteiger charge is 2.38. The van der Waals surface area contributed by atoms with Gasteiger partial charge in [0, 0.05) is 52.9 Å². The first-order chi connectivity index (χ1) is 10.7. The molecule has 2 N–H and O–H groups in total. The van der Waals surface area contributed by atoms with Gasteiger partial charge in [-0.15, -0.1) is 0 Å². The molecule has 0 saturated carbocycles. The number of nitrogens with zero attached hydrogens (tertiary/aromatic N) is 1. The van der Waals surface area contributed by atoms with Gasteiger partial charge in [-0.1, -0.05) is 11.6 Å². The molecule has 2 aromatic rings. The van der Waals surface area contributed by atoms with Crippen molar-refractivity contribution < 1.29 is 4.79 Å². The van der Waals surface area contributed by atoms with Crippen LogP contribution in [0.3, 0.4) is 0 Å². The van der Waals surface area contributed by atoms with Gasteiger partial charge < -0.3 is 15.2 Å². The molecule has 116 valence electrons. The molecule has 3 heterocycles. The number of hydrogen-bond acceptors (Lipinski definition) is 2. The number of aromatic amines is 1. The van der Waals surface area contributed by atoms with E-state index in [9.17, 15) is 4.79 Å². The number of piperidine rings is 2. The van der Waals surface area contributed by atoms with Crippen molar-refractivity contribution in [3.63, 3.8) is 0 Å². The maximum atomic E-state index is 11.7. The van der Waals surface area contributed by atoms with Crippen LogP contribution in [0.25, 0.3) is 10.9 Å². The smallest absolute Gasteiger partial charge is 0.220 e. The largest absolute Gasteiger partial charge is 0.371 e. The van der Waals surface area contributed by atoms with E-state index in [0.29, 0.717) is 6.42 Å². The van der Waals surface area contributed by atoms with Gasteiger partial charge in [-0.25, -0.2) is 0 Å². The van der Waals surface area contributed by atoms with Gasteiger partial charge in [-0.05, 0) is 43.9 Å². The lowest BCUT2D eigenvalue weighted by atomic mass is 9.80. The first-order valence-electron chi connectivity index (χ1n) is 7.98. The minimum absolute atomic E-state index is 0.0294. The predicted molar refractivity (Wildman–Crippen MR) is 89.5 cm³/mol. The Morgan fingerprint density at radius 3 is 2.77 bits per heavy atom. The second kappa shape index (κ2) is 5.20. The summed E-state index contributed by atoms with van der Waals surface area (Å²) in [5.74, 6) is 0.218. The average molecular weight is 318 g/mol. The molecule has 1 aromatic heterocycles. The van der Waals surface area contributed by atoms with Gasteiger partial charge in [0.05, 0.1) is 0 Å². The van der Waals surface area contributed by atoms with Crippen molar-refractivity contribution in [1.82, 2.24) is 10.3 Å². The number of rotatable bonds is 1. The van der Waals surface area contributed by atoms with Gasteiger partial charge in [0.25, 0.3) is 0 Å². The predicted octanol–water partition coefficient (Wildman–Crippen LogP) is 3.46. The van der Waals surface area contributed by atoms with Crippen molar-refractivity contribution in [2.24, 2.45) is 0 Å². The summed E-state index contributed by atoms with van der Waals surface area (Å²) in [5.41, 5.74) is 2.30. The number of halogens is 1. The number of benzene rings is 1. The van der Waals surface area contributed by atoms with Crippen LogP contribution >= 0.6 is 11.6 Å². The van der Waals surface area contributed by atoms with Crippen LogP contribution in [0.15, 0.2) is 24.4 Å². The van der Waals surface area contributed by atoms with Crippen molar-refractivity contribution in [3.8, 4) is 0 Å². The average Bonchev–Trinajstić information content (AvgIpc) is 2.95. The van der Waals surface area contributed by atoms with E-state index in [2.05, 4.69) is 27.3 Å². The molecule has 2 fully saturated rings. The molecule has 0 radical (unpaired) electrons. The van der Waals surface area contributed by atoms with E-state index in [1.165, 1.54) is 11.1 Å². The van der Waals surface area contributed by atoms with Gasteiger partial charge >= 0.3 is 0 Å². The Morgan fingerprint density at radius 1 is 1.18 bits per heavy atom. The molecule has 22 heavy (non-hydrogen) atoms. The summed E-state index contributed by atoms with van der Waals surface area (Å²) >= 11 is 6.26. The number of carbonyl (C=O) groups is 1. The van der Waals surface area contributed by atoms with Crippen LogP contribution in [0.4, 0.5) is 5.69 Å². The summed E-state index contributed by atoms with van der Waals surface area (Å²) in [7, 11) is 0. The summed E-state index contributed by atoms with van der Waals surface area (Å²) in [6, 6.07) is 6.12. The van der Waals surface area contributed by atoms with E-state index in [1.54, 1.807) is 0 Å². The van der Waals surface area contributed by atoms with Gasteiger partial charge in [0.1, 0.15) is 0 Å². The fraction of sp³-hybridized carbons (Fsp3) is 0.471. The van der Waals surface area contributed by atoms with Crippen molar-refractivity contribution in [2.75, 3.05) is 18.0 Å². The molecule has 0 aliphatic carbocycles. The fourth-order valence-corrected chi connectivity index (χ4v) is 4.15. The zero-order valence-electron chi connectivity index (χ0n) is 12.5. The third kappa shape index (κ3) is 2.35. The molecule has 0 atom stereocenters. The molecule has 1 spiro atoms. The van der Waals surface area contributed by atoms with E-state index in [4.69, 9.17) is 11.6 Å². The lowest BCUT2D eigenvalue weighted by molar-refractivity contribution is -0.125. The Kier molecular flexibility index (Phi) is 3.30. The lowest BCUT2D eigenvalue weighted by Gasteiger charge is -2.45. The second-order valence-electron chi connectivity index (χ2n) is 6.53. The molecule has 0 unspecified atom stereocenters. The summed E-state index contributed by atoms with van der Waals surface area (Å²) in [6.07, 6.45) is 6.79. The molecule has 0 bridgehead atoms. The summed E-state index contributed by atoms with van der Waals surface area (Å²) < 4.78 is 0. The number of H-pyrrole nitrogens is 1. The van der Waals surface area contributed by atoms with Crippen LogP contribution in [0, 0.1) is 0 Å². The highest BCUT2D eigenvalue weighted by Crippen LogP contribution is 2.36. The first kappa shape index (κ1) is 13.9. The Hall–Kier alpha value is -1.68. The number of anilines is 1. The Labute approximate surface area is 134 Å². The first-order valence-corrected chi connectivity index (χ1v) is 8.36. The Bertz CT molecular complexity index is 716. The highest BCUT2D eigenvalue weighted by molar-refractivity contribution is 6.31. The minimum Gasteiger partial charge on any atom is -0.371 e. The summed E-state index contributed by atoms with van der Waals surface area (Å²) in [4.78, 5) is 17.4. The van der Waals surface area contributed by atoms with Crippen LogP contribution in [-0.4, -0.2) is 29.5 Å². The molecule has 4 nitrogen and oxygen atoms in total. The van der Waals surface area contributed by atoms with E-state index >= 15 is 0 Å². The summed E-state index contributed by atoms with van der Waals surface area (Å²) in [6.45, 7) is 1.92. The monoisotopic (exact) mass is 317 g/mol. The van der Waals surface area contributed by atoms with Crippen LogP contribution in [-0.2, 0) is 4.79 Å². The maximum Gasteiger partial charge on any atom is 0.220 e. The number of amides is 1. The van der Waals surface area contributed by atoms with Crippen LogP contribution in [0.5, 0.6) is 0 Å². The van der Waals surface area contributed by atoms with Crippen LogP contribution in [0.2, 0.25) is 5.02 Å². The van der Waals surface area contributed by atoms with E-state index in [-0.39, 0.29) is 11.4 Å². The van der Waals surface area contributed by atoms with Crippen LogP contribution < -0.4 is 10.2 Å². The standard InChI is InChI=1S/C17H20ClN3O/c18-12-10-14-13(3-7-19-14)15(11-12)21-8-5-17(6-9-21)4-1-2-16(22)20-17/h3,7,10-11,19H,1-2,4-6,8-9H2,(H,20,22). The van der Waals surface area contributed by atoms with Crippen molar-refractivity contribution in [2.45, 2.75) is 37.6 Å². The Balaban J connectivity index is 1.58. The van der Waals surface area contributed by atoms with E-state index in [0.717, 1.165) is 49.3 Å². The third-order valence-corrected chi connectivity index (χ3v) is 5.35. The molecule has 1 amide bonds. The lowest BCUT2D eigenvalue weighted by Crippen LogP contribution is -2.57. The van der Waals surface area contributed by atoms with Gasteiger partial charge in [0.15, 0.2) is 0 Å². The number of fused-ring (bicyclic) bond motifs is 1. The van der Waals surface area contributed by atoms with Crippen LogP contribution in [0.1, 0.15) is 32.1 Å². The molecule has 4 rings (SSSR count). The third-order valence-electron chi connectivity index (χ3n) is 5.14. The zero-order valence-corrected chi connectivity index (χ0v) is 13.2. The number of nitrogens with one attached hydrogen (secondary N) is 2. The van der Waals surface area contributed by atoms with Crippen molar-refractivity contribution >= 4 is 34.1 Å². The second-order valence-corrected chi connectivity index (χ2v) is 6.97. The zero-order chi connectivity index (χ0) is 15.2. The maximum absolute atomic E-state index is 11.7.